The molecule has 0 unspecified atom stereocenters. The number of aromatic nitrogens is 1. The van der Waals surface area contributed by atoms with E-state index < -0.39 is 6.04 Å². The lowest BCUT2D eigenvalue weighted by Crippen LogP contribution is -2.55. The molecule has 32 heavy (non-hydrogen) atoms. The van der Waals surface area contributed by atoms with E-state index in [0.29, 0.717) is 18.0 Å². The number of piperidine rings is 1. The van der Waals surface area contributed by atoms with E-state index in [0.717, 1.165) is 35.0 Å². The first-order valence-electron chi connectivity index (χ1n) is 11.0. The van der Waals surface area contributed by atoms with Crippen molar-refractivity contribution in [2.45, 2.75) is 51.2 Å². The summed E-state index contributed by atoms with van der Waals surface area (Å²) >= 11 is 0. The number of carbonyl (C=O) groups excluding carboxylic acids is 1. The lowest BCUT2D eigenvalue weighted by molar-refractivity contribution is -0.125. The van der Waals surface area contributed by atoms with Gasteiger partial charge in [0.2, 0.25) is 5.91 Å². The summed E-state index contributed by atoms with van der Waals surface area (Å²) in [6.07, 6.45) is 2.50. The Kier molecular flexibility index (Phi) is 6.15. The van der Waals surface area contributed by atoms with Gasteiger partial charge in [-0.2, -0.15) is 5.26 Å². The van der Waals surface area contributed by atoms with E-state index in [1.807, 2.05) is 36.4 Å². The van der Waals surface area contributed by atoms with Gasteiger partial charge >= 0.3 is 5.76 Å². The summed E-state index contributed by atoms with van der Waals surface area (Å²) in [5, 5.41) is 15.9. The third-order valence-corrected chi connectivity index (χ3v) is 6.36. The number of rotatable bonds is 5. The smallest absolute Gasteiger partial charge is 0.408 e. The molecule has 1 fully saturated rings. The normalized spacial score (nSPS) is 21.8. The van der Waals surface area contributed by atoms with Crippen molar-refractivity contribution < 1.29 is 9.21 Å². The van der Waals surface area contributed by atoms with Crippen LogP contribution in [-0.2, 0) is 18.3 Å². The maximum Gasteiger partial charge on any atom is 0.419 e. The molecule has 2 aromatic carbocycles. The molecule has 4 atom stereocenters. The molecule has 1 saturated heterocycles. The zero-order chi connectivity index (χ0) is 22.8. The lowest BCUT2D eigenvalue weighted by Gasteiger charge is -2.33. The quantitative estimate of drug-likeness (QED) is 0.645. The number of nitriles is 1. The van der Waals surface area contributed by atoms with Gasteiger partial charge in [0.15, 0.2) is 5.58 Å². The Balaban J connectivity index is 1.44. The van der Waals surface area contributed by atoms with E-state index in [4.69, 9.17) is 4.42 Å². The van der Waals surface area contributed by atoms with Gasteiger partial charge in [-0.1, -0.05) is 37.3 Å². The first-order chi connectivity index (χ1) is 15.4. The van der Waals surface area contributed by atoms with Crippen molar-refractivity contribution >= 4 is 17.0 Å². The highest BCUT2D eigenvalue weighted by atomic mass is 16.4. The molecular weight excluding hydrogens is 404 g/mol. The van der Waals surface area contributed by atoms with Crippen LogP contribution in [0.15, 0.2) is 51.7 Å². The van der Waals surface area contributed by atoms with E-state index >= 15 is 0 Å². The first-order valence-corrected chi connectivity index (χ1v) is 11.0. The molecular formula is C25H28N4O3. The minimum atomic E-state index is -0.587. The minimum Gasteiger partial charge on any atom is -0.408 e. The van der Waals surface area contributed by atoms with E-state index in [9.17, 15) is 14.9 Å². The number of nitrogens with zero attached hydrogens (tertiary/aromatic N) is 2. The molecule has 0 radical (unpaired) electrons. The van der Waals surface area contributed by atoms with E-state index in [1.165, 1.54) is 4.57 Å². The molecule has 1 aliphatic heterocycles. The van der Waals surface area contributed by atoms with Gasteiger partial charge < -0.3 is 15.1 Å². The molecule has 0 aliphatic carbocycles. The third kappa shape index (κ3) is 4.46. The molecule has 7 nitrogen and oxygen atoms in total. The van der Waals surface area contributed by atoms with Crippen molar-refractivity contribution in [2.75, 3.05) is 0 Å². The molecule has 7 heteroatoms. The molecule has 166 valence electrons. The topological polar surface area (TPSA) is 100 Å². The summed E-state index contributed by atoms with van der Waals surface area (Å²) in [5.74, 6) is -0.243. The second-order valence-corrected chi connectivity index (χ2v) is 8.80. The Labute approximate surface area is 187 Å². The number of carbonyl (C=O) groups is 1. The van der Waals surface area contributed by atoms with Gasteiger partial charge in [0, 0.05) is 19.5 Å². The highest BCUT2D eigenvalue weighted by Gasteiger charge is 2.31. The third-order valence-electron chi connectivity index (χ3n) is 6.36. The van der Waals surface area contributed by atoms with Crippen LogP contribution < -0.4 is 16.4 Å². The zero-order valence-corrected chi connectivity index (χ0v) is 18.6. The fourth-order valence-corrected chi connectivity index (χ4v) is 4.33. The Bertz CT molecular complexity index is 1220. The van der Waals surface area contributed by atoms with E-state index in [1.54, 1.807) is 13.1 Å². The van der Waals surface area contributed by atoms with Crippen molar-refractivity contribution in [1.29, 1.82) is 5.26 Å². The number of oxazole rings is 1. The molecule has 4 rings (SSSR count). The standard InChI is InChI=1S/C25H28N4O3/c1-15-4-5-16(2)27-23(15)24(30)28-20(14-26)12-17-6-8-18(9-7-17)19-10-11-22-21(13-19)29(3)25(31)32-22/h6-11,13,15-16,20,23,27H,4-5,12H2,1-3H3,(H,28,30)/t15-,16+,20+,23+/m1/s1. The highest BCUT2D eigenvalue weighted by Crippen LogP contribution is 2.25. The van der Waals surface area contributed by atoms with Gasteiger partial charge in [0.05, 0.1) is 17.6 Å². The SMILES string of the molecule is C[C@@H]1CC[C@H](C)N[C@@H]1C(=O)N[C@H](C#N)Cc1ccc(-c2ccc3oc(=O)n(C)c3c2)cc1. The largest absolute Gasteiger partial charge is 0.419 e. The van der Waals surface area contributed by atoms with Crippen LogP contribution in [0.25, 0.3) is 22.2 Å². The molecule has 0 spiro atoms. The van der Waals surface area contributed by atoms with Crippen LogP contribution >= 0.6 is 0 Å². The Hall–Kier alpha value is -3.37. The van der Waals surface area contributed by atoms with Gasteiger partial charge in [0.25, 0.3) is 0 Å². The van der Waals surface area contributed by atoms with Crippen LogP contribution in [0.4, 0.5) is 0 Å². The number of hydrogen-bond donors (Lipinski definition) is 2. The summed E-state index contributed by atoms with van der Waals surface area (Å²) in [6, 6.07) is 15.2. The van der Waals surface area contributed by atoms with Crippen LogP contribution in [0.2, 0.25) is 0 Å². The first kappa shape index (κ1) is 21.8. The second kappa shape index (κ2) is 9.01. The van der Waals surface area contributed by atoms with Crippen LogP contribution in [0.5, 0.6) is 0 Å². The summed E-state index contributed by atoms with van der Waals surface area (Å²) in [5.41, 5.74) is 4.23. The zero-order valence-electron chi connectivity index (χ0n) is 18.6. The summed E-state index contributed by atoms with van der Waals surface area (Å²) in [6.45, 7) is 4.15. The van der Waals surface area contributed by atoms with Gasteiger partial charge in [-0.3, -0.25) is 9.36 Å². The number of nitrogens with one attached hydrogen (secondary N) is 2. The maximum atomic E-state index is 12.7. The second-order valence-electron chi connectivity index (χ2n) is 8.80. The van der Waals surface area contributed by atoms with Crippen molar-refractivity contribution in [1.82, 2.24) is 15.2 Å². The van der Waals surface area contributed by atoms with Crippen LogP contribution in [0, 0.1) is 17.2 Å². The summed E-state index contributed by atoms with van der Waals surface area (Å²) in [4.78, 5) is 24.4. The molecule has 1 aromatic heterocycles. The fraction of sp³-hybridized carbons (Fsp3) is 0.400. The molecule has 1 aliphatic rings. The van der Waals surface area contributed by atoms with Gasteiger partial charge in [-0.15, -0.1) is 0 Å². The molecule has 0 saturated carbocycles. The predicted octanol–water partition coefficient (Wildman–Crippen LogP) is 3.13. The monoisotopic (exact) mass is 432 g/mol. The van der Waals surface area contributed by atoms with Crippen LogP contribution in [0.1, 0.15) is 32.3 Å². The molecule has 2 heterocycles. The van der Waals surface area contributed by atoms with Crippen molar-refractivity contribution in [2.24, 2.45) is 13.0 Å². The predicted molar refractivity (Wildman–Crippen MR) is 123 cm³/mol. The number of fused-ring (bicyclic) bond motifs is 1. The number of amides is 1. The number of hydrogen-bond acceptors (Lipinski definition) is 5. The van der Waals surface area contributed by atoms with Crippen LogP contribution in [-0.4, -0.2) is 28.6 Å². The molecule has 2 N–H and O–H groups in total. The van der Waals surface area contributed by atoms with Crippen molar-refractivity contribution in [3.05, 3.63) is 58.6 Å². The van der Waals surface area contributed by atoms with E-state index in [2.05, 4.69) is 30.6 Å². The average molecular weight is 433 g/mol. The number of aryl methyl sites for hydroxylation is 1. The molecule has 1 amide bonds. The van der Waals surface area contributed by atoms with Gasteiger partial charge in [0.1, 0.15) is 6.04 Å². The molecule has 0 bridgehead atoms. The van der Waals surface area contributed by atoms with Gasteiger partial charge in [-0.05, 0) is 54.5 Å². The summed E-state index contributed by atoms with van der Waals surface area (Å²) in [7, 11) is 1.68. The Morgan fingerprint density at radius 1 is 1.22 bits per heavy atom. The minimum absolute atomic E-state index is 0.105. The van der Waals surface area contributed by atoms with Crippen molar-refractivity contribution in [3.8, 4) is 17.2 Å². The van der Waals surface area contributed by atoms with Gasteiger partial charge in [-0.25, -0.2) is 4.79 Å². The average Bonchev–Trinajstić information content (AvgIpc) is 3.08. The fourth-order valence-electron chi connectivity index (χ4n) is 4.33. The number of benzene rings is 2. The van der Waals surface area contributed by atoms with Crippen LogP contribution in [0.3, 0.4) is 0 Å². The van der Waals surface area contributed by atoms with E-state index in [-0.39, 0.29) is 23.6 Å². The Morgan fingerprint density at radius 3 is 2.66 bits per heavy atom. The van der Waals surface area contributed by atoms with Crippen molar-refractivity contribution in [3.63, 3.8) is 0 Å². The molecule has 3 aromatic rings. The Morgan fingerprint density at radius 2 is 1.94 bits per heavy atom. The highest BCUT2D eigenvalue weighted by molar-refractivity contribution is 5.83. The maximum absolute atomic E-state index is 12.7. The summed E-state index contributed by atoms with van der Waals surface area (Å²) < 4.78 is 6.67. The lowest BCUT2D eigenvalue weighted by atomic mass is 9.88.